The maximum Gasteiger partial charge on any atom is 0.335 e. The van der Waals surface area contributed by atoms with E-state index in [-0.39, 0.29) is 34.4 Å². The molecule has 9 nitrogen and oxygen atoms in total. The van der Waals surface area contributed by atoms with Crippen molar-refractivity contribution in [3.8, 4) is 11.5 Å². The van der Waals surface area contributed by atoms with E-state index in [0.717, 1.165) is 4.90 Å². The standard InChI is InChI=1S/C27H20Cl3N3O6/c1-2-38-22-12-15(11-20(30)24(22)39-14-23(34)31-21-9-4-3-8-19(21)29)10-18-25(35)32-27(37)33(26(18)36)17-7-5-6-16(28)13-17/h3-13H,2,14H2,1H3,(H,31,34)(H,32,35,37)/b18-10+. The van der Waals surface area contributed by atoms with Crippen molar-refractivity contribution in [1.29, 1.82) is 0 Å². The molecule has 0 radical (unpaired) electrons. The molecule has 0 saturated carbocycles. The fourth-order valence-corrected chi connectivity index (χ4v) is 4.28. The highest BCUT2D eigenvalue weighted by Crippen LogP contribution is 2.38. The van der Waals surface area contributed by atoms with Crippen LogP contribution in [0.1, 0.15) is 12.5 Å². The van der Waals surface area contributed by atoms with Crippen molar-refractivity contribution in [3.63, 3.8) is 0 Å². The molecule has 0 unspecified atom stereocenters. The number of para-hydroxylation sites is 1. The number of barbiturate groups is 1. The minimum atomic E-state index is -0.906. The monoisotopic (exact) mass is 587 g/mol. The Kier molecular flexibility index (Phi) is 8.75. The Labute approximate surface area is 238 Å². The predicted octanol–water partition coefficient (Wildman–Crippen LogP) is 5.73. The number of rotatable bonds is 8. The first kappa shape index (κ1) is 28.0. The van der Waals surface area contributed by atoms with Crippen molar-refractivity contribution < 1.29 is 28.7 Å². The number of carbonyl (C=O) groups excluding carboxylic acids is 4. The van der Waals surface area contributed by atoms with E-state index in [1.54, 1.807) is 43.3 Å². The van der Waals surface area contributed by atoms with Crippen molar-refractivity contribution in [2.45, 2.75) is 6.92 Å². The van der Waals surface area contributed by atoms with E-state index in [0.29, 0.717) is 21.3 Å². The van der Waals surface area contributed by atoms with Gasteiger partial charge >= 0.3 is 6.03 Å². The van der Waals surface area contributed by atoms with Crippen LogP contribution in [0.3, 0.4) is 0 Å². The van der Waals surface area contributed by atoms with Crippen molar-refractivity contribution in [2.75, 3.05) is 23.4 Å². The summed E-state index contributed by atoms with van der Waals surface area (Å²) < 4.78 is 11.3. The van der Waals surface area contributed by atoms with Gasteiger partial charge in [0.1, 0.15) is 5.57 Å². The normalized spacial score (nSPS) is 14.3. The van der Waals surface area contributed by atoms with Crippen molar-refractivity contribution >= 4 is 76.0 Å². The van der Waals surface area contributed by atoms with E-state index < -0.39 is 30.4 Å². The third kappa shape index (κ3) is 6.51. The van der Waals surface area contributed by atoms with Crippen molar-refractivity contribution in [3.05, 3.63) is 86.9 Å². The molecule has 1 aliphatic rings. The van der Waals surface area contributed by atoms with E-state index in [1.165, 1.54) is 30.3 Å². The molecule has 200 valence electrons. The molecule has 5 amide bonds. The maximum atomic E-state index is 13.2. The van der Waals surface area contributed by atoms with Crippen LogP contribution >= 0.6 is 34.8 Å². The summed E-state index contributed by atoms with van der Waals surface area (Å²) in [6.45, 7) is 1.57. The summed E-state index contributed by atoms with van der Waals surface area (Å²) in [5, 5.41) is 5.52. The number of hydrogen-bond acceptors (Lipinski definition) is 6. The number of nitrogens with one attached hydrogen (secondary N) is 2. The lowest BCUT2D eigenvalue weighted by Crippen LogP contribution is -2.54. The highest BCUT2D eigenvalue weighted by atomic mass is 35.5. The number of imide groups is 2. The zero-order valence-electron chi connectivity index (χ0n) is 20.3. The summed E-state index contributed by atoms with van der Waals surface area (Å²) in [4.78, 5) is 51.4. The van der Waals surface area contributed by atoms with Crippen LogP contribution in [0.25, 0.3) is 6.08 Å². The summed E-state index contributed by atoms with van der Waals surface area (Å²) in [7, 11) is 0. The minimum absolute atomic E-state index is 0.0600. The number of nitrogens with zero attached hydrogens (tertiary/aromatic N) is 1. The van der Waals surface area contributed by atoms with Crippen LogP contribution in [-0.2, 0) is 14.4 Å². The summed E-state index contributed by atoms with van der Waals surface area (Å²) in [5.41, 5.74) is 0.609. The van der Waals surface area contributed by atoms with Gasteiger partial charge in [-0.2, -0.15) is 0 Å². The van der Waals surface area contributed by atoms with Crippen LogP contribution in [0, 0.1) is 0 Å². The topological polar surface area (TPSA) is 114 Å². The molecule has 39 heavy (non-hydrogen) atoms. The Balaban J connectivity index is 1.59. The van der Waals surface area contributed by atoms with Gasteiger partial charge in [-0.15, -0.1) is 0 Å². The van der Waals surface area contributed by atoms with Crippen LogP contribution in [0.5, 0.6) is 11.5 Å². The molecule has 0 aromatic heterocycles. The molecule has 1 fully saturated rings. The maximum absolute atomic E-state index is 13.2. The first-order valence-electron chi connectivity index (χ1n) is 11.5. The Morgan fingerprint density at radius 1 is 0.974 bits per heavy atom. The van der Waals surface area contributed by atoms with Gasteiger partial charge in [0.2, 0.25) is 0 Å². The highest BCUT2D eigenvalue weighted by Gasteiger charge is 2.37. The second-order valence-corrected chi connectivity index (χ2v) is 9.27. The average molecular weight is 589 g/mol. The number of halogens is 3. The van der Waals surface area contributed by atoms with Gasteiger partial charge in [0.15, 0.2) is 18.1 Å². The van der Waals surface area contributed by atoms with E-state index in [1.807, 2.05) is 0 Å². The fraction of sp³-hybridized carbons (Fsp3) is 0.111. The molecule has 0 atom stereocenters. The molecular weight excluding hydrogens is 569 g/mol. The summed E-state index contributed by atoms with van der Waals surface area (Å²) in [6, 6.07) is 14.8. The molecule has 12 heteroatoms. The van der Waals surface area contributed by atoms with Gasteiger partial charge in [0, 0.05) is 5.02 Å². The molecule has 1 aliphatic heterocycles. The third-order valence-electron chi connectivity index (χ3n) is 5.31. The van der Waals surface area contributed by atoms with Gasteiger partial charge in [-0.25, -0.2) is 9.69 Å². The van der Waals surface area contributed by atoms with Crippen molar-refractivity contribution in [1.82, 2.24) is 5.32 Å². The Morgan fingerprint density at radius 2 is 1.74 bits per heavy atom. The lowest BCUT2D eigenvalue weighted by molar-refractivity contribution is -0.122. The van der Waals surface area contributed by atoms with Crippen LogP contribution in [0.15, 0.2) is 66.2 Å². The first-order valence-corrected chi connectivity index (χ1v) is 12.6. The second-order valence-electron chi connectivity index (χ2n) is 8.02. The number of anilines is 2. The molecule has 2 N–H and O–H groups in total. The lowest BCUT2D eigenvalue weighted by atomic mass is 10.1. The van der Waals surface area contributed by atoms with Crippen LogP contribution in [-0.4, -0.2) is 37.0 Å². The molecule has 1 heterocycles. The number of benzene rings is 3. The zero-order valence-corrected chi connectivity index (χ0v) is 22.6. The number of ether oxygens (including phenoxy) is 2. The minimum Gasteiger partial charge on any atom is -0.490 e. The summed E-state index contributed by atoms with van der Waals surface area (Å²) >= 11 is 18.5. The number of carbonyl (C=O) groups is 4. The SMILES string of the molecule is CCOc1cc(/C=C2\C(=O)NC(=O)N(c3cccc(Cl)c3)C2=O)cc(Cl)c1OCC(=O)Nc1ccccc1Cl. The van der Waals surface area contributed by atoms with Gasteiger partial charge in [-0.3, -0.25) is 19.7 Å². The van der Waals surface area contributed by atoms with Crippen LogP contribution < -0.4 is 25.0 Å². The van der Waals surface area contributed by atoms with Crippen LogP contribution in [0.2, 0.25) is 15.1 Å². The van der Waals surface area contributed by atoms with E-state index in [2.05, 4.69) is 10.6 Å². The van der Waals surface area contributed by atoms with Gasteiger partial charge in [0.25, 0.3) is 17.7 Å². The fourth-order valence-electron chi connectivity index (χ4n) is 3.63. The molecule has 3 aromatic carbocycles. The highest BCUT2D eigenvalue weighted by molar-refractivity contribution is 6.39. The zero-order chi connectivity index (χ0) is 28.1. The Hall–Kier alpha value is -4.05. The first-order chi connectivity index (χ1) is 18.7. The molecular formula is C27H20Cl3N3O6. The smallest absolute Gasteiger partial charge is 0.335 e. The predicted molar refractivity (Wildman–Crippen MR) is 149 cm³/mol. The number of amides is 5. The van der Waals surface area contributed by atoms with Gasteiger partial charge in [-0.1, -0.05) is 53.0 Å². The molecule has 0 spiro atoms. The number of hydrogen-bond donors (Lipinski definition) is 2. The lowest BCUT2D eigenvalue weighted by Gasteiger charge is -2.26. The molecule has 4 rings (SSSR count). The molecule has 0 aliphatic carbocycles. The largest absolute Gasteiger partial charge is 0.490 e. The third-order valence-corrected chi connectivity index (χ3v) is 6.15. The van der Waals surface area contributed by atoms with E-state index in [9.17, 15) is 19.2 Å². The van der Waals surface area contributed by atoms with Gasteiger partial charge < -0.3 is 14.8 Å². The summed E-state index contributed by atoms with van der Waals surface area (Å²) in [6.07, 6.45) is 1.27. The molecule has 1 saturated heterocycles. The molecule has 3 aromatic rings. The Bertz CT molecular complexity index is 1510. The second kappa shape index (κ2) is 12.2. The quantitative estimate of drug-likeness (QED) is 0.257. The van der Waals surface area contributed by atoms with Crippen molar-refractivity contribution in [2.24, 2.45) is 0 Å². The molecule has 0 bridgehead atoms. The van der Waals surface area contributed by atoms with Crippen LogP contribution in [0.4, 0.5) is 16.2 Å². The summed E-state index contributed by atoms with van der Waals surface area (Å²) in [5.74, 6) is -1.95. The van der Waals surface area contributed by atoms with E-state index >= 15 is 0 Å². The van der Waals surface area contributed by atoms with Gasteiger partial charge in [0.05, 0.1) is 28.0 Å². The average Bonchev–Trinajstić information content (AvgIpc) is 2.87. The Morgan fingerprint density at radius 3 is 2.46 bits per heavy atom. The number of urea groups is 1. The van der Waals surface area contributed by atoms with Gasteiger partial charge in [-0.05, 0) is 61.0 Å². The van der Waals surface area contributed by atoms with E-state index in [4.69, 9.17) is 44.3 Å².